The van der Waals surface area contributed by atoms with Crippen LogP contribution in [0.3, 0.4) is 0 Å². The van der Waals surface area contributed by atoms with Crippen LogP contribution in [0.25, 0.3) is 0 Å². The number of ketones is 2. The van der Waals surface area contributed by atoms with Crippen molar-refractivity contribution in [1.82, 2.24) is 10.2 Å². The first-order valence-electron chi connectivity index (χ1n) is 14.8. The Bertz CT molecular complexity index is 1130. The van der Waals surface area contributed by atoms with Gasteiger partial charge in [-0.15, -0.1) is 0 Å². The number of methoxy groups -OCH3 is 2. The molecular formula is C33H47BrN2O8. The first-order valence-corrected chi connectivity index (χ1v) is 15.9. The predicted octanol–water partition coefficient (Wildman–Crippen LogP) is 4.75. The highest BCUT2D eigenvalue weighted by Gasteiger charge is 2.33. The van der Waals surface area contributed by atoms with E-state index in [1.54, 1.807) is 28.1 Å². The third-order valence-corrected chi connectivity index (χ3v) is 6.88. The predicted molar refractivity (Wildman–Crippen MR) is 173 cm³/mol. The lowest BCUT2D eigenvalue weighted by atomic mass is 9.95. The Morgan fingerprint density at radius 3 is 1.95 bits per heavy atom. The molecule has 3 rings (SSSR count). The number of hydrogen-bond donors (Lipinski definition) is 1. The van der Waals surface area contributed by atoms with Crippen molar-refractivity contribution < 1.29 is 38.1 Å². The monoisotopic (exact) mass is 678 g/mol. The van der Waals surface area contributed by atoms with Crippen LogP contribution in [-0.2, 0) is 41.7 Å². The number of rotatable bonds is 14. The number of carbonyl (C=O) groups is 4. The van der Waals surface area contributed by atoms with Gasteiger partial charge in [-0.25, -0.2) is 0 Å². The van der Waals surface area contributed by atoms with Gasteiger partial charge in [0.15, 0.2) is 5.78 Å². The second kappa shape index (κ2) is 23.1. The van der Waals surface area contributed by atoms with Crippen molar-refractivity contribution in [3.8, 4) is 11.5 Å². The highest BCUT2D eigenvalue weighted by molar-refractivity contribution is 9.09. The van der Waals surface area contributed by atoms with Crippen molar-refractivity contribution in [3.63, 3.8) is 0 Å². The lowest BCUT2D eigenvalue weighted by Crippen LogP contribution is -2.43. The summed E-state index contributed by atoms with van der Waals surface area (Å²) in [5, 5.41) is 3.92. The zero-order valence-corrected chi connectivity index (χ0v) is 28.2. The number of piperidine rings is 1. The molecule has 0 aliphatic carbocycles. The Kier molecular flexibility index (Phi) is 20.4. The maximum atomic E-state index is 12.0. The molecule has 1 unspecified atom stereocenters. The van der Waals surface area contributed by atoms with Crippen molar-refractivity contribution >= 4 is 39.4 Å². The van der Waals surface area contributed by atoms with E-state index in [-0.39, 0.29) is 23.5 Å². The summed E-state index contributed by atoms with van der Waals surface area (Å²) in [4.78, 5) is 47.0. The van der Waals surface area contributed by atoms with Crippen LogP contribution in [0.1, 0.15) is 51.2 Å². The number of carbonyl (C=O) groups excluding carboxylic acids is 4. The van der Waals surface area contributed by atoms with Crippen molar-refractivity contribution in [2.45, 2.75) is 53.1 Å². The summed E-state index contributed by atoms with van der Waals surface area (Å²) in [5.41, 5.74) is 2.27. The number of benzene rings is 2. The molecule has 1 N–H and O–H groups in total. The van der Waals surface area contributed by atoms with Crippen LogP contribution in [0.4, 0.5) is 0 Å². The van der Waals surface area contributed by atoms with Gasteiger partial charge >= 0.3 is 11.9 Å². The summed E-state index contributed by atoms with van der Waals surface area (Å²) in [6.45, 7) is 8.80. The fourth-order valence-corrected chi connectivity index (χ4v) is 4.35. The first kappa shape index (κ1) is 38.7. The van der Waals surface area contributed by atoms with Gasteiger partial charge in [0, 0.05) is 31.4 Å². The third-order valence-electron chi connectivity index (χ3n) is 6.32. The molecule has 0 radical (unpaired) electrons. The summed E-state index contributed by atoms with van der Waals surface area (Å²) in [5.74, 6) is 0.698. The number of nitrogens with one attached hydrogen (secondary N) is 1. The van der Waals surface area contributed by atoms with E-state index in [9.17, 15) is 19.2 Å². The van der Waals surface area contributed by atoms with Crippen LogP contribution in [-0.4, -0.2) is 80.8 Å². The molecule has 2 aromatic rings. The molecule has 11 heteroatoms. The minimum Gasteiger partial charge on any atom is -0.497 e. The average Bonchev–Trinajstić information content (AvgIpc) is 3.01. The van der Waals surface area contributed by atoms with Crippen LogP contribution >= 0.6 is 15.9 Å². The lowest BCUT2D eigenvalue weighted by molar-refractivity contribution is -0.154. The molecule has 1 aliphatic rings. The van der Waals surface area contributed by atoms with E-state index < -0.39 is 5.92 Å². The van der Waals surface area contributed by atoms with Gasteiger partial charge < -0.3 is 24.3 Å². The maximum Gasteiger partial charge on any atom is 0.316 e. The number of nitrogens with zero attached hydrogens (tertiary/aromatic N) is 1. The molecular weight excluding hydrogens is 632 g/mol. The molecule has 0 saturated carbocycles. The van der Waals surface area contributed by atoms with E-state index >= 15 is 0 Å². The Morgan fingerprint density at radius 2 is 1.48 bits per heavy atom. The normalized spacial score (nSPS) is 14.2. The highest BCUT2D eigenvalue weighted by atomic mass is 79.9. The number of likely N-dealkylation sites (tertiary alicyclic amines) is 1. The average molecular weight is 680 g/mol. The largest absolute Gasteiger partial charge is 0.497 e. The van der Waals surface area contributed by atoms with Gasteiger partial charge in [0.05, 0.1) is 40.5 Å². The third kappa shape index (κ3) is 16.5. The quantitative estimate of drug-likeness (QED) is 0.170. The molecule has 44 heavy (non-hydrogen) atoms. The van der Waals surface area contributed by atoms with E-state index in [0.29, 0.717) is 52.2 Å². The van der Waals surface area contributed by atoms with Gasteiger partial charge in [0.1, 0.15) is 23.2 Å². The summed E-state index contributed by atoms with van der Waals surface area (Å²) in [6, 6.07) is 15.6. The molecule has 0 bridgehead atoms. The van der Waals surface area contributed by atoms with Crippen LogP contribution in [0.2, 0.25) is 0 Å². The van der Waals surface area contributed by atoms with Crippen molar-refractivity contribution in [1.29, 1.82) is 0 Å². The Morgan fingerprint density at radius 1 is 0.909 bits per heavy atom. The molecule has 0 amide bonds. The van der Waals surface area contributed by atoms with Crippen LogP contribution in [0, 0.1) is 5.92 Å². The second-order valence-electron chi connectivity index (χ2n) is 9.87. The van der Waals surface area contributed by atoms with E-state index in [4.69, 9.17) is 14.2 Å². The number of esters is 2. The Balaban J connectivity index is 0.000000363. The summed E-state index contributed by atoms with van der Waals surface area (Å²) in [7, 11) is 3.27. The van der Waals surface area contributed by atoms with Gasteiger partial charge in [-0.1, -0.05) is 40.2 Å². The van der Waals surface area contributed by atoms with Gasteiger partial charge in [-0.2, -0.15) is 0 Å². The molecule has 1 saturated heterocycles. The first-order chi connectivity index (χ1) is 21.2. The van der Waals surface area contributed by atoms with Gasteiger partial charge in [-0.05, 0) is 69.0 Å². The fourth-order valence-electron chi connectivity index (χ4n) is 4.07. The van der Waals surface area contributed by atoms with Crippen LogP contribution < -0.4 is 14.8 Å². The maximum absolute atomic E-state index is 12.0. The molecule has 0 spiro atoms. The van der Waals surface area contributed by atoms with Crippen LogP contribution in [0.5, 0.6) is 11.5 Å². The molecule has 2 aromatic carbocycles. The van der Waals surface area contributed by atoms with E-state index in [2.05, 4.69) is 30.9 Å². The Labute approximate surface area is 269 Å². The van der Waals surface area contributed by atoms with Crippen LogP contribution in [0.15, 0.2) is 48.5 Å². The second-order valence-corrected chi connectivity index (χ2v) is 10.7. The number of hydrogen-bond acceptors (Lipinski definition) is 10. The molecule has 10 nitrogen and oxygen atoms in total. The van der Waals surface area contributed by atoms with Gasteiger partial charge in [0.25, 0.3) is 0 Å². The van der Waals surface area contributed by atoms with E-state index in [0.717, 1.165) is 40.9 Å². The Hall–Kier alpha value is -3.28. The summed E-state index contributed by atoms with van der Waals surface area (Å²) >= 11 is 3.22. The van der Waals surface area contributed by atoms with Gasteiger partial charge in [0.2, 0.25) is 0 Å². The smallest absolute Gasteiger partial charge is 0.316 e. The van der Waals surface area contributed by atoms with Crippen molar-refractivity contribution in [2.24, 2.45) is 5.92 Å². The fraction of sp³-hybridized carbons (Fsp3) is 0.515. The molecule has 1 aliphatic heterocycles. The summed E-state index contributed by atoms with van der Waals surface area (Å²) in [6.07, 6.45) is 1.92. The number of halogens is 1. The molecule has 1 atom stereocenters. The van der Waals surface area contributed by atoms with E-state index in [1.165, 1.54) is 0 Å². The standard InChI is InChI=1S/C16H21NO4.C11H15NO2.C6H11BrO2/c1-3-21-16(19)14-8-9-17(11-15(14)18)10-12-4-6-13(20-2)7-5-12;1-9(13)7-12-8-10-3-5-11(14-2)6-4-10;1-2-9-6(8)4-3-5-7/h4-7,14H,3,8-11H2,1-2H3;3-6,12H,7-8H2,1-2H3;2-5H2,1H3. The number of alkyl halides is 1. The minimum atomic E-state index is -0.586. The van der Waals surface area contributed by atoms with E-state index in [1.807, 2.05) is 55.5 Å². The SMILES string of the molecule is CCOC(=O)C1CCN(Cc2ccc(OC)cc2)CC1=O.CCOC(=O)CCCBr.COc1ccc(CNCC(C)=O)cc1. The topological polar surface area (TPSA) is 120 Å². The zero-order valence-electron chi connectivity index (χ0n) is 26.6. The zero-order chi connectivity index (χ0) is 32.7. The molecule has 0 aromatic heterocycles. The molecule has 1 fully saturated rings. The number of ether oxygens (including phenoxy) is 4. The molecule has 1 heterocycles. The molecule has 244 valence electrons. The lowest BCUT2D eigenvalue weighted by Gasteiger charge is -2.29. The number of Topliss-reactive ketones (excluding diaryl/α,β-unsaturated/α-hetero) is 2. The van der Waals surface area contributed by atoms with Gasteiger partial charge in [-0.3, -0.25) is 24.1 Å². The summed E-state index contributed by atoms with van der Waals surface area (Å²) < 4.78 is 19.8. The highest BCUT2D eigenvalue weighted by Crippen LogP contribution is 2.19. The van der Waals surface area contributed by atoms with Crippen molar-refractivity contribution in [3.05, 3.63) is 59.7 Å². The van der Waals surface area contributed by atoms with Crippen molar-refractivity contribution in [2.75, 3.05) is 52.4 Å². The minimum absolute atomic E-state index is 0.0480.